The van der Waals surface area contributed by atoms with Gasteiger partial charge in [-0.05, 0) is 97.9 Å². The van der Waals surface area contributed by atoms with Crippen molar-refractivity contribution in [3.63, 3.8) is 0 Å². The highest BCUT2D eigenvalue weighted by atomic mass is 16.5. The molecule has 4 unspecified atom stereocenters. The van der Waals surface area contributed by atoms with Gasteiger partial charge in [0.15, 0.2) is 0 Å². The maximum atomic E-state index is 15.6. The lowest BCUT2D eigenvalue weighted by molar-refractivity contribution is -0.160. The second-order valence-electron chi connectivity index (χ2n) is 30.5. The third-order valence-corrected chi connectivity index (χ3v) is 19.8. The third-order valence-electron chi connectivity index (χ3n) is 19.8. The largest absolute Gasteiger partial charge is 0.496 e. The van der Waals surface area contributed by atoms with Crippen molar-refractivity contribution in [2.75, 3.05) is 42.3 Å². The van der Waals surface area contributed by atoms with Crippen molar-refractivity contribution in [3.8, 4) is 5.75 Å². The molecule has 3 aromatic rings. The van der Waals surface area contributed by atoms with Crippen molar-refractivity contribution >= 4 is 81.9 Å². The fourth-order valence-corrected chi connectivity index (χ4v) is 13.2. The molecule has 2 aromatic carbocycles. The van der Waals surface area contributed by atoms with Crippen LogP contribution in [-0.4, -0.2) is 233 Å². The number of aromatic nitrogens is 1. The highest BCUT2D eigenvalue weighted by molar-refractivity contribution is 6.01. The van der Waals surface area contributed by atoms with Gasteiger partial charge in [-0.15, -0.1) is 0 Å². The van der Waals surface area contributed by atoms with Crippen molar-refractivity contribution in [2.24, 2.45) is 47.3 Å². The summed E-state index contributed by atoms with van der Waals surface area (Å²) in [7, 11) is 8.38. The van der Waals surface area contributed by atoms with Gasteiger partial charge in [0.25, 0.3) is 0 Å². The van der Waals surface area contributed by atoms with Crippen LogP contribution in [0.25, 0.3) is 10.9 Å². The van der Waals surface area contributed by atoms with Crippen LogP contribution in [-0.2, 0) is 68.7 Å². The fraction of sp³-hybridized carbons (Fsp3) is 0.658. The smallest absolute Gasteiger partial charge is 0.329 e. The van der Waals surface area contributed by atoms with Crippen LogP contribution in [0.15, 0.2) is 54.7 Å². The zero-order valence-electron chi connectivity index (χ0n) is 66.0. The number of likely N-dealkylation sites (N-methyl/N-ethyl adjacent to an activating group) is 5. The van der Waals surface area contributed by atoms with E-state index in [-0.39, 0.29) is 30.2 Å². The molecule has 11 N–H and O–H groups in total. The number of nitrogens with zero attached hydrogens (tertiary/aromatic N) is 4. The normalized spacial score (nSPS) is 25.0. The predicted octanol–water partition coefficient (Wildman–Crippen LogP) is 3.10. The molecule has 1 aromatic heterocycles. The van der Waals surface area contributed by atoms with E-state index in [0.717, 1.165) is 16.8 Å². The lowest BCUT2D eigenvalue weighted by atomic mass is 9.94. The molecule has 0 radical (unpaired) electrons. The number of rotatable bonds is 21. The minimum Gasteiger partial charge on any atom is -0.496 e. The highest BCUT2D eigenvalue weighted by Crippen LogP contribution is 2.31. The van der Waals surface area contributed by atoms with Crippen molar-refractivity contribution in [3.05, 3.63) is 65.9 Å². The van der Waals surface area contributed by atoms with Gasteiger partial charge in [-0.3, -0.25) is 52.7 Å². The average molecular weight is 1470 g/mol. The monoisotopic (exact) mass is 1470 g/mol. The number of aliphatic hydroxyl groups excluding tert-OH is 2. The van der Waals surface area contributed by atoms with E-state index >= 15 is 38.4 Å². The van der Waals surface area contributed by atoms with Crippen molar-refractivity contribution in [1.29, 1.82) is 0 Å². The van der Waals surface area contributed by atoms with Crippen molar-refractivity contribution < 1.29 is 77.2 Å². The molecule has 29 heteroatoms. The molecule has 4 rings (SSSR count). The lowest BCUT2D eigenvalue weighted by Gasteiger charge is -2.39. The summed E-state index contributed by atoms with van der Waals surface area (Å²) in [5.41, 5.74) is 1.30. The molecule has 0 aliphatic carbocycles. The minimum atomic E-state index is -1.94. The minimum absolute atomic E-state index is 0.0456. The quantitative estimate of drug-likeness (QED) is 0.0683. The van der Waals surface area contributed by atoms with Gasteiger partial charge in [-0.1, -0.05) is 154 Å². The Morgan fingerprint density at radius 2 is 1.05 bits per heavy atom. The number of aromatic amines is 1. The molecule has 0 saturated carbocycles. The summed E-state index contributed by atoms with van der Waals surface area (Å²) < 4.78 is 11.8. The Kier molecular flexibility index (Phi) is 33.4. The van der Waals surface area contributed by atoms with Gasteiger partial charge in [0.2, 0.25) is 65.0 Å². The SMILES string of the molecule is CC[C@H](C)C(NC(=O)[C@@H](NC)C(C)C)C(=O)NC1C(=O)N(C)[C@@H](C(C)O)C(=O)N[C@@H](C(C)C)C(=O)N(C)[C@@H](CC(C)C)C(=O)NC(C(C)C)C(=O)N(C)[C@@H](C(C)C)C(=O)N(C)[C@@H](Cc2c[nH]c3cccc(OC)c23)C(=O)N[C@@H](C(C)C)C(=O)N[C@@H]([C@H](O)c2ccccc2)C(=O)N[C@@H](C(C)C)C(=O)O[C@@H]1C. The van der Waals surface area contributed by atoms with E-state index in [1.807, 2.05) is 13.8 Å². The first-order chi connectivity index (χ1) is 49.0. The molecule has 29 nitrogen and oxygen atoms in total. The van der Waals surface area contributed by atoms with Gasteiger partial charge < -0.3 is 86.8 Å². The Morgan fingerprint density at radius 3 is 1.55 bits per heavy atom. The highest BCUT2D eigenvalue weighted by Gasteiger charge is 2.47. The maximum Gasteiger partial charge on any atom is 0.329 e. The Hall–Kier alpha value is -8.70. The molecule has 2 heterocycles. The Morgan fingerprint density at radius 1 is 0.552 bits per heavy atom. The van der Waals surface area contributed by atoms with Crippen LogP contribution in [0.3, 0.4) is 0 Å². The van der Waals surface area contributed by atoms with Crippen LogP contribution in [0.4, 0.5) is 0 Å². The fourth-order valence-electron chi connectivity index (χ4n) is 13.2. The standard InChI is InChI=1S/C76H121N13O16/c1-25-44(16)59(83-67(94)54(77-19)38(4)5)69(96)84-60-46(18)105-76(103)58(42(12)13)82-70(97)61(64(91)47-30-27-26-28-31-47)85-68(95)55(39(6)7)79-66(93)51(35-48-36-78-49-32-29-33-52(104-24)53(48)49)87(21)75(102)62(43(14)15)88(22)73(100)57(41(10)11)80-65(92)50(34-37(2)3)86(20)72(99)56(40(8)9)81-71(98)63(45(17)90)89(23)74(60)101/h26-33,36-46,50-51,54-64,77-78,90-91H,25,34-35H2,1-24H3,(H,79,93)(H,80,92)(H,81,98)(H,82,97)(H,83,94)(H,84,96)(H,85,95)/t44-,45?,46+,50-,51-,54-,55-,56-,57?,58-,59?,60?,61-,62-,63-,64+/m0/s1. The number of ether oxygens (including phenoxy) is 2. The molecule has 1 fully saturated rings. The number of hydrogen-bond donors (Lipinski definition) is 11. The molecule has 1 aliphatic heterocycles. The van der Waals surface area contributed by atoms with E-state index in [0.29, 0.717) is 28.6 Å². The molecule has 586 valence electrons. The van der Waals surface area contributed by atoms with E-state index < -0.39 is 197 Å². The number of nitrogens with one attached hydrogen (secondary N) is 9. The van der Waals surface area contributed by atoms with Crippen LogP contribution in [0, 0.1) is 47.3 Å². The van der Waals surface area contributed by atoms with Crippen LogP contribution in [0.5, 0.6) is 5.75 Å². The van der Waals surface area contributed by atoms with Crippen LogP contribution >= 0.6 is 0 Å². The van der Waals surface area contributed by atoms with Gasteiger partial charge in [-0.2, -0.15) is 0 Å². The number of carbonyl (C=O) groups is 12. The van der Waals surface area contributed by atoms with Gasteiger partial charge >= 0.3 is 5.97 Å². The number of benzene rings is 2. The molecule has 16 atom stereocenters. The van der Waals surface area contributed by atoms with Gasteiger partial charge in [-0.25, -0.2) is 4.79 Å². The van der Waals surface area contributed by atoms with E-state index in [2.05, 4.69) is 47.5 Å². The first-order valence-corrected chi connectivity index (χ1v) is 36.6. The van der Waals surface area contributed by atoms with E-state index in [1.54, 1.807) is 147 Å². The van der Waals surface area contributed by atoms with Crippen molar-refractivity contribution in [1.82, 2.24) is 67.1 Å². The van der Waals surface area contributed by atoms with Gasteiger partial charge in [0, 0.05) is 51.7 Å². The number of methoxy groups -OCH3 is 1. The molecule has 0 spiro atoms. The first kappa shape index (κ1) is 88.7. The Labute approximate surface area is 619 Å². The number of esters is 1. The predicted molar refractivity (Wildman–Crippen MR) is 398 cm³/mol. The topological polar surface area (TPSA) is 389 Å². The summed E-state index contributed by atoms with van der Waals surface area (Å²) in [6.45, 7) is 29.6. The summed E-state index contributed by atoms with van der Waals surface area (Å²) in [5, 5.41) is 46.5. The maximum absolute atomic E-state index is 15.6. The Balaban J connectivity index is 2.07. The van der Waals surface area contributed by atoms with Gasteiger partial charge in [0.05, 0.1) is 19.3 Å². The molecule has 11 amide bonds. The third kappa shape index (κ3) is 22.4. The number of aliphatic hydroxyl groups is 2. The number of hydrogen-bond acceptors (Lipinski definition) is 17. The molecule has 0 bridgehead atoms. The van der Waals surface area contributed by atoms with E-state index in [9.17, 15) is 29.4 Å². The number of amides is 11. The number of carbonyl (C=O) groups excluding carboxylic acids is 12. The van der Waals surface area contributed by atoms with Crippen LogP contribution < -0.4 is 47.3 Å². The van der Waals surface area contributed by atoms with Crippen molar-refractivity contribution in [2.45, 2.75) is 235 Å². The zero-order valence-corrected chi connectivity index (χ0v) is 66.0. The summed E-state index contributed by atoms with van der Waals surface area (Å²) in [6, 6.07) is -4.73. The molecule has 105 heavy (non-hydrogen) atoms. The lowest BCUT2D eigenvalue weighted by Crippen LogP contribution is -2.65. The number of cyclic esters (lactones) is 1. The Bertz CT molecular complexity index is 3490. The average Bonchev–Trinajstić information content (AvgIpc) is 1.77. The molecule has 1 aliphatic rings. The first-order valence-electron chi connectivity index (χ1n) is 36.6. The van der Waals surface area contributed by atoms with Gasteiger partial charge in [0.1, 0.15) is 84.4 Å². The molecular formula is C76H121N13O16. The van der Waals surface area contributed by atoms with E-state index in [4.69, 9.17) is 9.47 Å². The number of H-pyrrole nitrogens is 1. The number of fused-ring (bicyclic) bond motifs is 1. The summed E-state index contributed by atoms with van der Waals surface area (Å²) in [4.78, 5) is 189. The summed E-state index contributed by atoms with van der Waals surface area (Å²) >= 11 is 0. The second kappa shape index (κ2) is 39.6. The molecular weight excluding hydrogens is 1350 g/mol. The van der Waals surface area contributed by atoms with E-state index in [1.165, 1.54) is 64.0 Å². The summed E-state index contributed by atoms with van der Waals surface area (Å²) in [6.07, 6.45) is -3.42. The summed E-state index contributed by atoms with van der Waals surface area (Å²) in [5.74, 6) is -15.0. The van der Waals surface area contributed by atoms with Crippen LogP contribution in [0.2, 0.25) is 0 Å². The van der Waals surface area contributed by atoms with Crippen LogP contribution in [0.1, 0.15) is 155 Å². The zero-order chi connectivity index (χ0) is 79.7. The molecule has 1 saturated heterocycles. The second-order valence-corrected chi connectivity index (χ2v) is 30.5.